The third-order valence-corrected chi connectivity index (χ3v) is 3.31. The molecule has 0 N–H and O–H groups in total. The molecule has 4 nitrogen and oxygen atoms in total. The molecule has 1 saturated carbocycles. The maximum absolute atomic E-state index is 10.4. The third-order valence-electron chi connectivity index (χ3n) is 3.31. The van der Waals surface area contributed by atoms with Crippen LogP contribution < -0.4 is 0 Å². The molecule has 0 aliphatic heterocycles. The molecular weight excluding hydrogens is 228 g/mol. The second-order valence-corrected chi connectivity index (χ2v) is 5.25. The van der Waals surface area contributed by atoms with Gasteiger partial charge in [0.25, 0.3) is 0 Å². The second-order valence-electron chi connectivity index (χ2n) is 5.25. The van der Waals surface area contributed by atoms with Gasteiger partial charge in [0.1, 0.15) is 0 Å². The van der Waals surface area contributed by atoms with Crippen molar-refractivity contribution in [2.24, 2.45) is 5.92 Å². The molecule has 0 atom stereocenters. The van der Waals surface area contributed by atoms with Crippen LogP contribution in [0.5, 0.6) is 0 Å². The summed E-state index contributed by atoms with van der Waals surface area (Å²) in [4.78, 5) is 14.2. The summed E-state index contributed by atoms with van der Waals surface area (Å²) in [6, 6.07) is 0. The lowest BCUT2D eigenvalue weighted by Crippen LogP contribution is -2.25. The first-order chi connectivity index (χ1) is 8.51. The molecule has 1 aliphatic rings. The van der Waals surface area contributed by atoms with E-state index in [0.29, 0.717) is 6.54 Å². The molecule has 0 heterocycles. The van der Waals surface area contributed by atoms with E-state index in [9.17, 15) is 4.79 Å². The monoisotopic (exact) mass is 258 g/mol. The van der Waals surface area contributed by atoms with Crippen LogP contribution in [0.25, 0.3) is 0 Å². The highest BCUT2D eigenvalue weighted by molar-refractivity contribution is 5.66. The number of carbonyl (C=O) groups excluding carboxylic acids is 1. The lowest BCUT2D eigenvalue weighted by Gasteiger charge is -2.24. The van der Waals surface area contributed by atoms with Gasteiger partial charge in [-0.1, -0.05) is 19.3 Å². The van der Waals surface area contributed by atoms with Gasteiger partial charge in [-0.2, -0.15) is 0 Å². The average molecular weight is 258 g/mol. The van der Waals surface area contributed by atoms with Crippen LogP contribution in [0.4, 0.5) is 4.79 Å². The summed E-state index contributed by atoms with van der Waals surface area (Å²) in [6.07, 6.45) is 7.07. The molecule has 0 aromatic rings. The smallest absolute Gasteiger partial charge is 0.409 e. The molecule has 0 spiro atoms. The fourth-order valence-electron chi connectivity index (χ4n) is 2.17. The average Bonchev–Trinajstić information content (AvgIpc) is 2.38. The van der Waals surface area contributed by atoms with Crippen molar-refractivity contribution in [3.63, 3.8) is 0 Å². The molecule has 0 unspecified atom stereocenters. The van der Waals surface area contributed by atoms with Gasteiger partial charge in [-0.25, -0.2) is 4.79 Å². The highest BCUT2D eigenvalue weighted by Crippen LogP contribution is 2.23. The van der Waals surface area contributed by atoms with Crippen LogP contribution in [-0.2, 0) is 4.74 Å². The van der Waals surface area contributed by atoms with Crippen molar-refractivity contribution in [2.45, 2.75) is 39.0 Å². The van der Waals surface area contributed by atoms with Crippen molar-refractivity contribution >= 4 is 6.09 Å². The van der Waals surface area contributed by atoms with E-state index in [-0.39, 0.29) is 6.09 Å². The summed E-state index contributed by atoms with van der Waals surface area (Å²) in [5.41, 5.74) is 0. The van der Waals surface area contributed by atoms with Crippen molar-refractivity contribution in [3.8, 4) is 0 Å². The highest BCUT2D eigenvalue weighted by atomic mass is 16.5. The van der Waals surface area contributed by atoms with E-state index in [1.54, 1.807) is 7.05 Å². The normalized spacial score (nSPS) is 15.9. The molecule has 18 heavy (non-hydrogen) atoms. The summed E-state index contributed by atoms with van der Waals surface area (Å²) < 4.78 is 4.39. The molecule has 1 rings (SSSR count). The molecule has 0 aromatic heterocycles. The molecule has 0 saturated heterocycles. The maximum atomic E-state index is 10.4. The Hall–Kier alpha value is -0.770. The van der Waals surface area contributed by atoms with Crippen LogP contribution in [0.1, 0.15) is 39.0 Å². The van der Waals surface area contributed by atoms with E-state index in [0.717, 1.165) is 5.92 Å². The van der Waals surface area contributed by atoms with Crippen LogP contribution in [-0.4, -0.2) is 57.2 Å². The number of amides is 1. The first-order valence-corrected chi connectivity index (χ1v) is 6.95. The lowest BCUT2D eigenvalue weighted by atomic mass is 9.89. The summed E-state index contributed by atoms with van der Waals surface area (Å²) >= 11 is 0. The van der Waals surface area contributed by atoms with Gasteiger partial charge in [0, 0.05) is 20.1 Å². The largest absolute Gasteiger partial charge is 0.453 e. The summed E-state index contributed by atoms with van der Waals surface area (Å²) in [5, 5.41) is 0. The van der Waals surface area contributed by atoms with Crippen molar-refractivity contribution in [1.82, 2.24) is 9.80 Å². The Balaban J connectivity index is 0.000000331. The van der Waals surface area contributed by atoms with Gasteiger partial charge in [-0.15, -0.1) is 0 Å². The molecular formula is C14H30N2O2. The zero-order valence-electron chi connectivity index (χ0n) is 12.7. The van der Waals surface area contributed by atoms with E-state index in [1.807, 2.05) is 6.92 Å². The molecule has 1 amide bonds. The standard InChI is InChI=1S/C9H19N.C5H11NO2/c1-10(2)8-9-6-4-3-5-7-9;1-4-6(2)5(7)8-3/h9H,3-8H2,1-2H3;4H2,1-3H3. The minimum atomic E-state index is -0.285. The van der Waals surface area contributed by atoms with Gasteiger partial charge >= 0.3 is 6.09 Å². The number of methoxy groups -OCH3 is 1. The summed E-state index contributed by atoms with van der Waals surface area (Å²) in [5.74, 6) is 1.00. The van der Waals surface area contributed by atoms with Gasteiger partial charge in [0.2, 0.25) is 0 Å². The van der Waals surface area contributed by atoms with Gasteiger partial charge in [0.15, 0.2) is 0 Å². The van der Waals surface area contributed by atoms with Crippen LogP contribution in [0.2, 0.25) is 0 Å². The number of carbonyl (C=O) groups is 1. The minimum absolute atomic E-state index is 0.285. The Morgan fingerprint density at radius 2 is 1.72 bits per heavy atom. The first-order valence-electron chi connectivity index (χ1n) is 6.95. The van der Waals surface area contributed by atoms with Crippen LogP contribution >= 0.6 is 0 Å². The van der Waals surface area contributed by atoms with Crippen LogP contribution in [0.3, 0.4) is 0 Å². The quantitative estimate of drug-likeness (QED) is 0.780. The third kappa shape index (κ3) is 8.34. The van der Waals surface area contributed by atoms with Crippen LogP contribution in [0, 0.1) is 5.92 Å². The molecule has 1 fully saturated rings. The Morgan fingerprint density at radius 3 is 2.06 bits per heavy atom. The predicted molar refractivity (Wildman–Crippen MR) is 75.8 cm³/mol. The lowest BCUT2D eigenvalue weighted by molar-refractivity contribution is 0.135. The van der Waals surface area contributed by atoms with E-state index >= 15 is 0 Å². The Bertz CT molecular complexity index is 214. The van der Waals surface area contributed by atoms with Gasteiger partial charge in [-0.05, 0) is 39.8 Å². The topological polar surface area (TPSA) is 32.8 Å². The molecule has 108 valence electrons. The molecule has 4 heteroatoms. The van der Waals surface area contributed by atoms with Gasteiger partial charge in [-0.3, -0.25) is 0 Å². The Labute approximate surface area is 112 Å². The molecule has 0 aromatic carbocycles. The predicted octanol–water partition coefficient (Wildman–Crippen LogP) is 2.83. The van der Waals surface area contributed by atoms with Gasteiger partial charge in [0.05, 0.1) is 7.11 Å². The van der Waals surface area contributed by atoms with E-state index < -0.39 is 0 Å². The van der Waals surface area contributed by atoms with Crippen LogP contribution in [0.15, 0.2) is 0 Å². The summed E-state index contributed by atoms with van der Waals surface area (Å²) in [7, 11) is 7.41. The van der Waals surface area contributed by atoms with Crippen molar-refractivity contribution < 1.29 is 9.53 Å². The summed E-state index contributed by atoms with van der Waals surface area (Å²) in [6.45, 7) is 3.88. The fraction of sp³-hybridized carbons (Fsp3) is 0.929. The number of hydrogen-bond acceptors (Lipinski definition) is 3. The number of nitrogens with zero attached hydrogens (tertiary/aromatic N) is 2. The number of hydrogen-bond donors (Lipinski definition) is 0. The minimum Gasteiger partial charge on any atom is -0.453 e. The molecule has 0 bridgehead atoms. The van der Waals surface area contributed by atoms with E-state index in [4.69, 9.17) is 0 Å². The van der Waals surface area contributed by atoms with E-state index in [1.165, 1.54) is 50.7 Å². The fourth-order valence-corrected chi connectivity index (χ4v) is 2.17. The van der Waals surface area contributed by atoms with Gasteiger partial charge < -0.3 is 14.5 Å². The Morgan fingerprint density at radius 1 is 1.17 bits per heavy atom. The van der Waals surface area contributed by atoms with Crippen molar-refractivity contribution in [2.75, 3.05) is 41.3 Å². The number of rotatable bonds is 3. The zero-order chi connectivity index (χ0) is 14.0. The Kier molecular flexibility index (Phi) is 9.74. The van der Waals surface area contributed by atoms with Crippen molar-refractivity contribution in [3.05, 3.63) is 0 Å². The van der Waals surface area contributed by atoms with E-state index in [2.05, 4.69) is 23.7 Å². The second kappa shape index (κ2) is 10.2. The first kappa shape index (κ1) is 17.2. The zero-order valence-corrected chi connectivity index (χ0v) is 12.7. The van der Waals surface area contributed by atoms with Crippen molar-refractivity contribution in [1.29, 1.82) is 0 Å². The number of ether oxygens (including phenoxy) is 1. The SMILES string of the molecule is CCN(C)C(=O)OC.CN(C)CC1CCCCC1. The highest BCUT2D eigenvalue weighted by Gasteiger charge is 2.13. The molecule has 1 aliphatic carbocycles. The maximum Gasteiger partial charge on any atom is 0.409 e. The molecule has 0 radical (unpaired) electrons.